The number of ether oxygens (including phenoxy) is 1. The molecule has 0 fully saturated rings. The molecule has 37 heavy (non-hydrogen) atoms. The number of aromatic nitrogens is 2. The maximum atomic E-state index is 13.5. The molecule has 0 bridgehead atoms. The Morgan fingerprint density at radius 3 is 2.49 bits per heavy atom. The molecule has 1 aliphatic rings. The van der Waals surface area contributed by atoms with Gasteiger partial charge in [-0.15, -0.1) is 0 Å². The second kappa shape index (κ2) is 11.0. The van der Waals surface area contributed by atoms with Crippen LogP contribution in [0.2, 0.25) is 0 Å². The van der Waals surface area contributed by atoms with E-state index in [-0.39, 0.29) is 11.7 Å². The molecular weight excluding hydrogens is 467 g/mol. The van der Waals surface area contributed by atoms with Crippen LogP contribution in [0.15, 0.2) is 78.9 Å². The highest BCUT2D eigenvalue weighted by molar-refractivity contribution is 5.96. The van der Waals surface area contributed by atoms with Crippen molar-refractivity contribution in [3.63, 3.8) is 0 Å². The topological polar surface area (TPSA) is 50.6 Å². The Hall–Kier alpha value is -3.97. The van der Waals surface area contributed by atoms with Gasteiger partial charge in [-0.05, 0) is 48.9 Å². The van der Waals surface area contributed by atoms with Crippen LogP contribution >= 0.6 is 0 Å². The number of amides is 1. The average molecular weight is 499 g/mol. The molecule has 0 N–H and O–H groups in total. The predicted molar refractivity (Wildman–Crippen MR) is 141 cm³/mol. The zero-order chi connectivity index (χ0) is 25.8. The Morgan fingerprint density at radius 2 is 1.76 bits per heavy atom. The molecule has 6 nitrogen and oxygen atoms in total. The van der Waals surface area contributed by atoms with Crippen LogP contribution in [-0.2, 0) is 26.1 Å². The van der Waals surface area contributed by atoms with Crippen molar-refractivity contribution in [1.82, 2.24) is 19.6 Å². The molecule has 0 spiro atoms. The van der Waals surface area contributed by atoms with E-state index in [1.807, 2.05) is 59.0 Å². The third-order valence-corrected chi connectivity index (χ3v) is 6.89. The van der Waals surface area contributed by atoms with Crippen LogP contribution in [0, 0.1) is 5.82 Å². The van der Waals surface area contributed by atoms with Crippen molar-refractivity contribution >= 4 is 5.91 Å². The average Bonchev–Trinajstić information content (AvgIpc) is 3.30. The zero-order valence-corrected chi connectivity index (χ0v) is 21.2. The summed E-state index contributed by atoms with van der Waals surface area (Å²) in [5.41, 5.74) is 5.86. The highest BCUT2D eigenvalue weighted by Crippen LogP contribution is 2.28. The smallest absolute Gasteiger partial charge is 0.257 e. The van der Waals surface area contributed by atoms with E-state index in [9.17, 15) is 9.18 Å². The monoisotopic (exact) mass is 498 g/mol. The van der Waals surface area contributed by atoms with Crippen molar-refractivity contribution in [3.05, 3.63) is 113 Å². The molecule has 1 aliphatic heterocycles. The van der Waals surface area contributed by atoms with Crippen molar-refractivity contribution in [2.45, 2.75) is 33.0 Å². The van der Waals surface area contributed by atoms with Crippen molar-refractivity contribution < 1.29 is 13.9 Å². The molecule has 0 saturated carbocycles. The highest BCUT2D eigenvalue weighted by Gasteiger charge is 2.28. The zero-order valence-electron chi connectivity index (χ0n) is 21.2. The molecule has 2 heterocycles. The molecule has 1 amide bonds. The molecule has 4 aromatic rings. The van der Waals surface area contributed by atoms with Gasteiger partial charge in [0.2, 0.25) is 0 Å². The molecule has 0 aliphatic carbocycles. The summed E-state index contributed by atoms with van der Waals surface area (Å²) in [6, 6.07) is 24.1. The molecule has 3 aromatic carbocycles. The summed E-state index contributed by atoms with van der Waals surface area (Å²) in [7, 11) is 1.58. The molecule has 5 rings (SSSR count). The minimum Gasteiger partial charge on any atom is -0.496 e. The second-order valence-corrected chi connectivity index (χ2v) is 9.23. The van der Waals surface area contributed by atoms with Crippen molar-refractivity contribution in [1.29, 1.82) is 0 Å². The molecule has 7 heteroatoms. The van der Waals surface area contributed by atoms with Crippen LogP contribution in [-0.4, -0.2) is 45.7 Å². The normalized spacial score (nSPS) is 13.3. The first kappa shape index (κ1) is 24.7. The highest BCUT2D eigenvalue weighted by atomic mass is 19.1. The van der Waals surface area contributed by atoms with E-state index in [2.05, 4.69) is 17.0 Å². The van der Waals surface area contributed by atoms with Crippen LogP contribution in [0.1, 0.15) is 39.8 Å². The second-order valence-electron chi connectivity index (χ2n) is 9.23. The van der Waals surface area contributed by atoms with Gasteiger partial charge in [0.1, 0.15) is 11.6 Å². The largest absolute Gasteiger partial charge is 0.496 e. The molecule has 0 saturated heterocycles. The van der Waals surface area contributed by atoms with E-state index in [0.29, 0.717) is 24.4 Å². The van der Waals surface area contributed by atoms with Crippen molar-refractivity contribution in [2.75, 3.05) is 20.2 Å². The van der Waals surface area contributed by atoms with Crippen LogP contribution in [0.25, 0.3) is 5.69 Å². The van der Waals surface area contributed by atoms with Gasteiger partial charge >= 0.3 is 0 Å². The number of benzene rings is 3. The lowest BCUT2D eigenvalue weighted by atomic mass is 10.0. The van der Waals surface area contributed by atoms with Crippen LogP contribution < -0.4 is 4.74 Å². The summed E-state index contributed by atoms with van der Waals surface area (Å²) in [6.45, 7) is 5.25. The predicted octanol–water partition coefficient (Wildman–Crippen LogP) is 5.24. The molecular formula is C30H31FN4O2. The third-order valence-electron chi connectivity index (χ3n) is 6.89. The number of methoxy groups -OCH3 is 1. The van der Waals surface area contributed by atoms with E-state index < -0.39 is 0 Å². The van der Waals surface area contributed by atoms with Gasteiger partial charge in [0.25, 0.3) is 5.91 Å². The molecule has 0 radical (unpaired) electrons. The summed E-state index contributed by atoms with van der Waals surface area (Å²) in [4.78, 5) is 17.7. The fraction of sp³-hybridized carbons (Fsp3) is 0.267. The minimum atomic E-state index is -0.226. The Kier molecular flexibility index (Phi) is 7.32. The van der Waals surface area contributed by atoms with Crippen molar-refractivity contribution in [3.8, 4) is 11.4 Å². The summed E-state index contributed by atoms with van der Waals surface area (Å²) in [5.74, 6) is 0.255. The number of carbonyl (C=O) groups excluding carboxylic acids is 1. The summed E-state index contributed by atoms with van der Waals surface area (Å²) < 4.78 is 20.9. The quantitative estimate of drug-likeness (QED) is 0.333. The summed E-state index contributed by atoms with van der Waals surface area (Å²) in [6.07, 6.45) is 0.838. The summed E-state index contributed by atoms with van der Waals surface area (Å²) >= 11 is 0. The van der Waals surface area contributed by atoms with Gasteiger partial charge in [0.15, 0.2) is 0 Å². The van der Waals surface area contributed by atoms with E-state index in [1.54, 1.807) is 19.2 Å². The Labute approximate surface area is 216 Å². The number of nitrogens with zero attached hydrogens (tertiary/aromatic N) is 4. The van der Waals surface area contributed by atoms with Crippen LogP contribution in [0.5, 0.6) is 5.75 Å². The van der Waals surface area contributed by atoms with E-state index in [4.69, 9.17) is 9.84 Å². The van der Waals surface area contributed by atoms with Gasteiger partial charge in [0, 0.05) is 38.2 Å². The van der Waals surface area contributed by atoms with E-state index in [1.165, 1.54) is 17.8 Å². The van der Waals surface area contributed by atoms with Gasteiger partial charge in [-0.3, -0.25) is 9.69 Å². The summed E-state index contributed by atoms with van der Waals surface area (Å²) in [5, 5.41) is 5.04. The molecule has 1 aromatic heterocycles. The number of fused-ring (bicyclic) bond motifs is 1. The fourth-order valence-electron chi connectivity index (χ4n) is 4.93. The van der Waals surface area contributed by atoms with Gasteiger partial charge in [-0.2, -0.15) is 5.10 Å². The van der Waals surface area contributed by atoms with Gasteiger partial charge in [0.05, 0.1) is 36.3 Å². The molecule has 0 atom stereocenters. The van der Waals surface area contributed by atoms with Crippen LogP contribution in [0.3, 0.4) is 0 Å². The number of para-hydroxylation sites is 2. The van der Waals surface area contributed by atoms with Gasteiger partial charge < -0.3 is 9.64 Å². The van der Waals surface area contributed by atoms with E-state index in [0.717, 1.165) is 48.6 Å². The first-order valence-corrected chi connectivity index (χ1v) is 12.6. The lowest BCUT2D eigenvalue weighted by Gasteiger charge is -2.28. The van der Waals surface area contributed by atoms with Crippen molar-refractivity contribution in [2.24, 2.45) is 0 Å². The fourth-order valence-corrected chi connectivity index (χ4v) is 4.93. The maximum Gasteiger partial charge on any atom is 0.257 e. The Morgan fingerprint density at radius 1 is 1.03 bits per heavy atom. The first-order valence-electron chi connectivity index (χ1n) is 12.6. The Balaban J connectivity index is 1.46. The minimum absolute atomic E-state index is 0.0815. The molecule has 0 unspecified atom stereocenters. The van der Waals surface area contributed by atoms with Crippen LogP contribution in [0.4, 0.5) is 4.39 Å². The lowest BCUT2D eigenvalue weighted by Crippen LogP contribution is -2.33. The number of rotatable bonds is 8. The first-order chi connectivity index (χ1) is 18.1. The van der Waals surface area contributed by atoms with E-state index >= 15 is 0 Å². The standard InChI is InChI=1S/C30H31FN4O2/c1-3-34(30(36)25-11-7-8-12-29(25)37-2)21-27-26-20-33(19-22-13-15-23(31)16-14-22)18-17-28(26)35(32-27)24-9-5-4-6-10-24/h4-16H,3,17-21H2,1-2H3. The number of hydrogen-bond donors (Lipinski definition) is 0. The Bertz CT molecular complexity index is 1370. The number of halogens is 1. The number of hydrogen-bond acceptors (Lipinski definition) is 4. The third kappa shape index (κ3) is 5.27. The SMILES string of the molecule is CCN(Cc1nn(-c2ccccc2)c2c1CN(Cc1ccc(F)cc1)CC2)C(=O)c1ccccc1OC. The maximum absolute atomic E-state index is 13.5. The van der Waals surface area contributed by atoms with Gasteiger partial charge in [-0.25, -0.2) is 9.07 Å². The molecule has 190 valence electrons. The lowest BCUT2D eigenvalue weighted by molar-refractivity contribution is 0.0746. The number of carbonyl (C=O) groups is 1. The van der Waals surface area contributed by atoms with Gasteiger partial charge in [-0.1, -0.05) is 42.5 Å².